The summed E-state index contributed by atoms with van der Waals surface area (Å²) in [7, 11) is 1.84. The highest BCUT2D eigenvalue weighted by Crippen LogP contribution is 2.29. The Labute approximate surface area is 163 Å². The van der Waals surface area contributed by atoms with Crippen molar-refractivity contribution in [2.75, 3.05) is 11.1 Å². The number of carbonyl (C=O) groups is 1. The van der Waals surface area contributed by atoms with Crippen LogP contribution in [0.3, 0.4) is 0 Å². The van der Waals surface area contributed by atoms with Crippen molar-refractivity contribution in [3.63, 3.8) is 0 Å². The van der Waals surface area contributed by atoms with Gasteiger partial charge in [0.15, 0.2) is 22.2 Å². The number of ether oxygens (including phenoxy) is 1. The Kier molecular flexibility index (Phi) is 6.12. The summed E-state index contributed by atoms with van der Waals surface area (Å²) < 4.78 is 7.68. The molecule has 0 aliphatic heterocycles. The van der Waals surface area contributed by atoms with E-state index in [-0.39, 0.29) is 17.8 Å². The van der Waals surface area contributed by atoms with Crippen LogP contribution < -0.4 is 10.1 Å². The van der Waals surface area contributed by atoms with Crippen molar-refractivity contribution in [1.29, 1.82) is 0 Å². The fourth-order valence-corrected chi connectivity index (χ4v) is 3.60. The molecule has 1 aromatic carbocycles. The number of anilines is 1. The monoisotopic (exact) mass is 409 g/mol. The summed E-state index contributed by atoms with van der Waals surface area (Å²) in [5, 5.41) is 14.6. The number of rotatable bonds is 7. The van der Waals surface area contributed by atoms with E-state index in [4.69, 9.17) is 16.3 Å². The topological polar surface area (TPSA) is 81.9 Å². The van der Waals surface area contributed by atoms with Gasteiger partial charge in [0.05, 0.1) is 10.8 Å². The van der Waals surface area contributed by atoms with Crippen LogP contribution in [0.4, 0.5) is 5.13 Å². The molecule has 1 atom stereocenters. The predicted molar refractivity (Wildman–Crippen MR) is 103 cm³/mol. The molecule has 2 heterocycles. The van der Waals surface area contributed by atoms with Crippen molar-refractivity contribution in [1.82, 2.24) is 19.7 Å². The molecule has 0 spiro atoms. The number of nitrogens with one attached hydrogen (secondary N) is 1. The number of hydrogen-bond acceptors (Lipinski definition) is 7. The number of hydrogen-bond donors (Lipinski definition) is 1. The maximum atomic E-state index is 12.0. The maximum absolute atomic E-state index is 12.0. The van der Waals surface area contributed by atoms with Crippen molar-refractivity contribution < 1.29 is 9.53 Å². The van der Waals surface area contributed by atoms with E-state index < -0.39 is 0 Å². The van der Waals surface area contributed by atoms with Crippen LogP contribution in [0.1, 0.15) is 18.9 Å². The lowest BCUT2D eigenvalue weighted by atomic mass is 10.3. The minimum Gasteiger partial charge on any atom is -0.481 e. The average Bonchev–Trinajstić information content (AvgIpc) is 3.25. The predicted octanol–water partition coefficient (Wildman–Crippen LogP) is 3.80. The van der Waals surface area contributed by atoms with Gasteiger partial charge in [0.2, 0.25) is 5.91 Å². The van der Waals surface area contributed by atoms with Gasteiger partial charge in [0.25, 0.3) is 0 Å². The second-order valence-corrected chi connectivity index (χ2v) is 7.51. The van der Waals surface area contributed by atoms with Gasteiger partial charge >= 0.3 is 0 Å². The number of thiazole rings is 1. The summed E-state index contributed by atoms with van der Waals surface area (Å²) in [5.74, 6) is 1.30. The largest absolute Gasteiger partial charge is 0.481 e. The van der Waals surface area contributed by atoms with Gasteiger partial charge in [-0.2, -0.15) is 0 Å². The van der Waals surface area contributed by atoms with E-state index in [0.717, 1.165) is 0 Å². The first kappa shape index (κ1) is 18.7. The highest BCUT2D eigenvalue weighted by Gasteiger charge is 2.19. The molecule has 0 aliphatic carbocycles. The lowest BCUT2D eigenvalue weighted by molar-refractivity contribution is -0.113. The Morgan fingerprint density at radius 2 is 2.23 bits per heavy atom. The third-order valence-electron chi connectivity index (χ3n) is 3.38. The Hall–Kier alpha value is -2.10. The normalized spacial score (nSPS) is 12.0. The van der Waals surface area contributed by atoms with Gasteiger partial charge < -0.3 is 14.6 Å². The molecule has 0 saturated heterocycles. The van der Waals surface area contributed by atoms with Crippen LogP contribution in [0, 0.1) is 0 Å². The molecule has 3 rings (SSSR count). The fourth-order valence-electron chi connectivity index (χ4n) is 2.16. The fraction of sp³-hybridized carbons (Fsp3) is 0.250. The first-order chi connectivity index (χ1) is 12.5. The van der Waals surface area contributed by atoms with Crippen molar-refractivity contribution in [2.24, 2.45) is 7.05 Å². The minimum absolute atomic E-state index is 0.144. The summed E-state index contributed by atoms with van der Waals surface area (Å²) in [6.07, 6.45) is 1.30. The summed E-state index contributed by atoms with van der Waals surface area (Å²) in [4.78, 5) is 16.0. The quantitative estimate of drug-likeness (QED) is 0.598. The Balaban J connectivity index is 1.60. The zero-order valence-electron chi connectivity index (χ0n) is 14.0. The van der Waals surface area contributed by atoms with Gasteiger partial charge in [-0.1, -0.05) is 35.5 Å². The number of thioether (sulfide) groups is 1. The van der Waals surface area contributed by atoms with E-state index >= 15 is 0 Å². The van der Waals surface area contributed by atoms with Gasteiger partial charge in [-0.15, -0.1) is 21.5 Å². The molecule has 1 unspecified atom stereocenters. The lowest BCUT2D eigenvalue weighted by Crippen LogP contribution is -2.14. The van der Waals surface area contributed by atoms with Crippen LogP contribution in [-0.2, 0) is 11.8 Å². The number of amides is 1. The van der Waals surface area contributed by atoms with Crippen LogP contribution >= 0.6 is 34.7 Å². The first-order valence-electron chi connectivity index (χ1n) is 7.67. The van der Waals surface area contributed by atoms with E-state index in [1.165, 1.54) is 23.1 Å². The van der Waals surface area contributed by atoms with Crippen LogP contribution in [-0.4, -0.2) is 31.4 Å². The molecule has 1 N–H and O–H groups in total. The molecule has 0 aliphatic rings. The summed E-state index contributed by atoms with van der Waals surface area (Å²) in [6.45, 7) is 1.87. The Bertz CT molecular complexity index is 885. The summed E-state index contributed by atoms with van der Waals surface area (Å²) in [5.41, 5.74) is 0. The smallest absolute Gasteiger partial charge is 0.236 e. The molecule has 0 saturated carbocycles. The standard InChI is InChI=1S/C16H16ClN5O2S2/c1-10(24-12-6-4-3-5-11(12)17)14-20-21-16(22(14)2)26-9-13(23)19-15-18-7-8-25-15/h3-8,10H,9H2,1-2H3,(H,18,19,23). The van der Waals surface area contributed by atoms with Gasteiger partial charge in [0.1, 0.15) is 5.75 Å². The number of aromatic nitrogens is 4. The molecule has 1 amide bonds. The number of halogens is 1. The van der Waals surface area contributed by atoms with Crippen LogP contribution in [0.15, 0.2) is 41.0 Å². The second-order valence-electron chi connectivity index (χ2n) is 5.26. The van der Waals surface area contributed by atoms with Crippen LogP contribution in [0.2, 0.25) is 5.02 Å². The number of para-hydroxylation sites is 1. The van der Waals surface area contributed by atoms with Gasteiger partial charge in [-0.25, -0.2) is 4.98 Å². The average molecular weight is 410 g/mol. The van der Waals surface area contributed by atoms with Crippen LogP contribution in [0.25, 0.3) is 0 Å². The molecule has 0 fully saturated rings. The van der Waals surface area contributed by atoms with Crippen molar-refractivity contribution in [2.45, 2.75) is 18.2 Å². The molecular formula is C16H16ClN5O2S2. The van der Waals surface area contributed by atoms with Gasteiger partial charge in [0, 0.05) is 18.6 Å². The van der Waals surface area contributed by atoms with E-state index in [2.05, 4.69) is 20.5 Å². The highest BCUT2D eigenvalue weighted by atomic mass is 35.5. The third-order valence-corrected chi connectivity index (χ3v) is 5.40. The van der Waals surface area contributed by atoms with Gasteiger partial charge in [-0.05, 0) is 19.1 Å². The lowest BCUT2D eigenvalue weighted by Gasteiger charge is -2.15. The Morgan fingerprint density at radius 1 is 1.42 bits per heavy atom. The number of benzene rings is 1. The third kappa shape index (κ3) is 4.54. The SMILES string of the molecule is CC(Oc1ccccc1Cl)c1nnc(SCC(=O)Nc2nccs2)n1C. The molecule has 0 radical (unpaired) electrons. The molecule has 136 valence electrons. The molecule has 2 aromatic heterocycles. The number of carbonyl (C=O) groups excluding carboxylic acids is 1. The van der Waals surface area contributed by atoms with Crippen molar-refractivity contribution in [3.8, 4) is 5.75 Å². The molecule has 7 nitrogen and oxygen atoms in total. The molecular weight excluding hydrogens is 394 g/mol. The van der Waals surface area contributed by atoms with E-state index in [1.54, 1.807) is 23.7 Å². The Morgan fingerprint density at radius 3 is 2.96 bits per heavy atom. The zero-order valence-corrected chi connectivity index (χ0v) is 16.4. The van der Waals surface area contributed by atoms with Crippen molar-refractivity contribution >= 4 is 45.7 Å². The summed E-state index contributed by atoms with van der Waals surface area (Å²) in [6, 6.07) is 7.26. The zero-order chi connectivity index (χ0) is 18.5. The van der Waals surface area contributed by atoms with Crippen molar-refractivity contribution in [3.05, 3.63) is 46.7 Å². The number of nitrogens with zero attached hydrogens (tertiary/aromatic N) is 4. The second kappa shape index (κ2) is 8.52. The van der Waals surface area contributed by atoms with E-state index in [9.17, 15) is 4.79 Å². The highest BCUT2D eigenvalue weighted by molar-refractivity contribution is 7.99. The maximum Gasteiger partial charge on any atom is 0.236 e. The first-order valence-corrected chi connectivity index (χ1v) is 9.91. The van der Waals surface area contributed by atoms with E-state index in [0.29, 0.717) is 26.9 Å². The molecule has 3 aromatic rings. The summed E-state index contributed by atoms with van der Waals surface area (Å²) >= 11 is 8.79. The molecule has 10 heteroatoms. The van der Waals surface area contributed by atoms with Gasteiger partial charge in [-0.3, -0.25) is 4.79 Å². The minimum atomic E-state index is -0.342. The molecule has 0 bridgehead atoms. The van der Waals surface area contributed by atoms with E-state index in [1.807, 2.05) is 30.7 Å². The molecule has 26 heavy (non-hydrogen) atoms. The van der Waals surface area contributed by atoms with Crippen LogP contribution in [0.5, 0.6) is 5.75 Å².